The van der Waals surface area contributed by atoms with Gasteiger partial charge in [0.2, 0.25) is 0 Å². The molecule has 0 aliphatic carbocycles. The van der Waals surface area contributed by atoms with Crippen LogP contribution in [0, 0.1) is 19.8 Å². The highest BCUT2D eigenvalue weighted by atomic mass is 16.3. The summed E-state index contributed by atoms with van der Waals surface area (Å²) in [6.07, 6.45) is 0.228. The van der Waals surface area contributed by atoms with Gasteiger partial charge >= 0.3 is 0 Å². The van der Waals surface area contributed by atoms with E-state index in [4.69, 9.17) is 0 Å². The smallest absolute Gasteiger partial charge is 0.251 e. The molecule has 1 amide bonds. The lowest BCUT2D eigenvalue weighted by Crippen LogP contribution is -2.33. The van der Waals surface area contributed by atoms with Crippen molar-refractivity contribution in [1.82, 2.24) is 5.32 Å². The minimum absolute atomic E-state index is 0.112. The van der Waals surface area contributed by atoms with Crippen molar-refractivity contribution in [2.75, 3.05) is 6.54 Å². The van der Waals surface area contributed by atoms with Crippen LogP contribution in [0.4, 0.5) is 0 Å². The van der Waals surface area contributed by atoms with Crippen LogP contribution in [0.2, 0.25) is 0 Å². The molecule has 0 fully saturated rings. The first kappa shape index (κ1) is 14.7. The average Bonchev–Trinajstić information content (AvgIpc) is 2.29. The second-order valence-electron chi connectivity index (χ2n) is 5.24. The summed E-state index contributed by atoms with van der Waals surface area (Å²) in [5.74, 6) is 0.316. The monoisotopic (exact) mass is 249 g/mol. The Labute approximate surface area is 109 Å². The number of nitrogens with one attached hydrogen (secondary N) is 1. The fraction of sp³-hybridized carbons (Fsp3) is 0.533. The van der Waals surface area contributed by atoms with Crippen molar-refractivity contribution >= 4 is 5.91 Å². The zero-order chi connectivity index (χ0) is 13.7. The van der Waals surface area contributed by atoms with Gasteiger partial charge in [-0.1, -0.05) is 26.0 Å². The molecule has 1 aromatic carbocycles. The minimum Gasteiger partial charge on any atom is -0.391 e. The van der Waals surface area contributed by atoms with E-state index in [0.29, 0.717) is 24.4 Å². The maximum Gasteiger partial charge on any atom is 0.251 e. The van der Waals surface area contributed by atoms with Crippen LogP contribution in [-0.4, -0.2) is 23.7 Å². The lowest BCUT2D eigenvalue weighted by Gasteiger charge is -2.15. The zero-order valence-corrected chi connectivity index (χ0v) is 11.7. The maximum atomic E-state index is 12.0. The lowest BCUT2D eigenvalue weighted by atomic mass is 10.0. The molecule has 0 saturated heterocycles. The van der Waals surface area contributed by atoms with Gasteiger partial charge in [0.1, 0.15) is 0 Å². The maximum absolute atomic E-state index is 12.0. The number of benzene rings is 1. The SMILES string of the molecule is Cc1cccc(C(=O)NCC(O)CC(C)C)c1C. The average molecular weight is 249 g/mol. The Hall–Kier alpha value is -1.35. The van der Waals surface area contributed by atoms with E-state index in [1.807, 2.05) is 32.0 Å². The number of aliphatic hydroxyl groups excluding tert-OH is 1. The molecule has 3 nitrogen and oxygen atoms in total. The quantitative estimate of drug-likeness (QED) is 0.842. The second kappa shape index (κ2) is 6.55. The van der Waals surface area contributed by atoms with Gasteiger partial charge in [-0.3, -0.25) is 4.79 Å². The molecule has 1 rings (SSSR count). The predicted octanol–water partition coefficient (Wildman–Crippen LogP) is 2.44. The summed E-state index contributed by atoms with van der Waals surface area (Å²) in [6, 6.07) is 5.67. The highest BCUT2D eigenvalue weighted by Gasteiger charge is 2.12. The largest absolute Gasteiger partial charge is 0.391 e. The van der Waals surface area contributed by atoms with Crippen LogP contribution in [-0.2, 0) is 0 Å². The number of hydrogen-bond acceptors (Lipinski definition) is 2. The molecule has 1 atom stereocenters. The molecule has 0 bridgehead atoms. The van der Waals surface area contributed by atoms with Gasteiger partial charge in [0.15, 0.2) is 0 Å². The van der Waals surface area contributed by atoms with Gasteiger partial charge in [0, 0.05) is 12.1 Å². The van der Waals surface area contributed by atoms with E-state index in [1.54, 1.807) is 0 Å². The fourth-order valence-electron chi connectivity index (χ4n) is 1.93. The summed E-state index contributed by atoms with van der Waals surface area (Å²) in [7, 11) is 0. The van der Waals surface area contributed by atoms with Gasteiger partial charge in [-0.25, -0.2) is 0 Å². The standard InChI is InChI=1S/C15H23NO2/c1-10(2)8-13(17)9-16-15(18)14-7-5-6-11(3)12(14)4/h5-7,10,13,17H,8-9H2,1-4H3,(H,16,18). The molecule has 1 unspecified atom stereocenters. The third kappa shape index (κ3) is 4.15. The minimum atomic E-state index is -0.473. The Kier molecular flexibility index (Phi) is 5.35. The molecule has 0 aliphatic heterocycles. The van der Waals surface area contributed by atoms with E-state index in [-0.39, 0.29) is 5.91 Å². The molecule has 0 aromatic heterocycles. The molecule has 18 heavy (non-hydrogen) atoms. The number of carbonyl (C=O) groups excluding carboxylic acids is 1. The van der Waals surface area contributed by atoms with Crippen LogP contribution in [0.15, 0.2) is 18.2 Å². The number of carbonyl (C=O) groups is 1. The molecular formula is C15H23NO2. The molecule has 3 heteroatoms. The highest BCUT2D eigenvalue weighted by molar-refractivity contribution is 5.95. The highest BCUT2D eigenvalue weighted by Crippen LogP contribution is 2.12. The van der Waals surface area contributed by atoms with Crippen molar-refractivity contribution in [1.29, 1.82) is 0 Å². The Morgan fingerprint density at radius 2 is 2.00 bits per heavy atom. The Bertz CT molecular complexity index is 413. The fourth-order valence-corrected chi connectivity index (χ4v) is 1.93. The number of rotatable bonds is 5. The third-order valence-corrected chi connectivity index (χ3v) is 3.09. The van der Waals surface area contributed by atoms with Gasteiger partial charge in [-0.15, -0.1) is 0 Å². The Morgan fingerprint density at radius 1 is 1.33 bits per heavy atom. The summed E-state index contributed by atoms with van der Waals surface area (Å²) in [5, 5.41) is 12.5. The summed E-state index contributed by atoms with van der Waals surface area (Å²) in [5.41, 5.74) is 2.78. The normalized spacial score (nSPS) is 12.6. The van der Waals surface area contributed by atoms with Crippen LogP contribution < -0.4 is 5.32 Å². The van der Waals surface area contributed by atoms with E-state index in [1.165, 1.54) is 0 Å². The third-order valence-electron chi connectivity index (χ3n) is 3.09. The second-order valence-corrected chi connectivity index (χ2v) is 5.24. The number of aliphatic hydroxyl groups is 1. The molecule has 0 aliphatic rings. The summed E-state index contributed by atoms with van der Waals surface area (Å²) in [6.45, 7) is 8.34. The summed E-state index contributed by atoms with van der Waals surface area (Å²) >= 11 is 0. The van der Waals surface area contributed by atoms with Crippen LogP contribution in [0.3, 0.4) is 0 Å². The first-order valence-electron chi connectivity index (χ1n) is 6.44. The first-order valence-corrected chi connectivity index (χ1v) is 6.44. The van der Waals surface area contributed by atoms with Crippen molar-refractivity contribution in [3.63, 3.8) is 0 Å². The van der Waals surface area contributed by atoms with E-state index in [0.717, 1.165) is 11.1 Å². The first-order chi connectivity index (χ1) is 8.41. The lowest BCUT2D eigenvalue weighted by molar-refractivity contribution is 0.0899. The van der Waals surface area contributed by atoms with Gasteiger partial charge in [0.25, 0.3) is 5.91 Å². The van der Waals surface area contributed by atoms with E-state index < -0.39 is 6.10 Å². The number of aryl methyl sites for hydroxylation is 1. The molecular weight excluding hydrogens is 226 g/mol. The van der Waals surface area contributed by atoms with E-state index in [9.17, 15) is 9.90 Å². The Morgan fingerprint density at radius 3 is 2.61 bits per heavy atom. The van der Waals surface area contributed by atoms with Crippen molar-refractivity contribution in [3.05, 3.63) is 34.9 Å². The molecule has 0 heterocycles. The van der Waals surface area contributed by atoms with Crippen LogP contribution in [0.25, 0.3) is 0 Å². The molecule has 1 aromatic rings. The van der Waals surface area contributed by atoms with Gasteiger partial charge in [-0.05, 0) is 43.4 Å². The van der Waals surface area contributed by atoms with Crippen LogP contribution in [0.1, 0.15) is 41.8 Å². The molecule has 0 saturated carbocycles. The molecule has 100 valence electrons. The zero-order valence-electron chi connectivity index (χ0n) is 11.7. The van der Waals surface area contributed by atoms with Gasteiger partial charge in [0.05, 0.1) is 6.10 Å². The molecule has 0 spiro atoms. The van der Waals surface area contributed by atoms with Crippen molar-refractivity contribution in [2.45, 2.75) is 40.2 Å². The van der Waals surface area contributed by atoms with Crippen molar-refractivity contribution in [2.24, 2.45) is 5.92 Å². The van der Waals surface area contributed by atoms with Crippen LogP contribution >= 0.6 is 0 Å². The van der Waals surface area contributed by atoms with Gasteiger partial charge in [-0.2, -0.15) is 0 Å². The van der Waals surface area contributed by atoms with Gasteiger partial charge < -0.3 is 10.4 Å². The topological polar surface area (TPSA) is 49.3 Å². The summed E-state index contributed by atoms with van der Waals surface area (Å²) < 4.78 is 0. The number of hydrogen-bond donors (Lipinski definition) is 2. The van der Waals surface area contributed by atoms with E-state index in [2.05, 4.69) is 19.2 Å². The molecule has 0 radical (unpaired) electrons. The van der Waals surface area contributed by atoms with Crippen LogP contribution in [0.5, 0.6) is 0 Å². The summed E-state index contributed by atoms with van der Waals surface area (Å²) in [4.78, 5) is 12.0. The molecule has 2 N–H and O–H groups in total. The van der Waals surface area contributed by atoms with E-state index >= 15 is 0 Å². The Balaban J connectivity index is 2.58. The predicted molar refractivity (Wildman–Crippen MR) is 73.7 cm³/mol. The van der Waals surface area contributed by atoms with Crippen molar-refractivity contribution < 1.29 is 9.90 Å². The van der Waals surface area contributed by atoms with Crippen molar-refractivity contribution in [3.8, 4) is 0 Å². The number of amides is 1.